The SMILES string of the molecule is C[C@H](CCC(=O)N1Cc2ccccc2C1)C1CCC2C3CCC4C[C@H](O)CCC4(C)C3CCC21C. The predicted molar refractivity (Wildman–Crippen MR) is 140 cm³/mol. The molecule has 0 aromatic heterocycles. The lowest BCUT2D eigenvalue weighted by molar-refractivity contribution is -0.133. The van der Waals surface area contributed by atoms with E-state index in [9.17, 15) is 9.90 Å². The van der Waals surface area contributed by atoms with Crippen LogP contribution < -0.4 is 0 Å². The summed E-state index contributed by atoms with van der Waals surface area (Å²) in [6.45, 7) is 9.29. The topological polar surface area (TPSA) is 40.5 Å². The lowest BCUT2D eigenvalue weighted by Crippen LogP contribution is -2.54. The van der Waals surface area contributed by atoms with Crippen LogP contribution in [0.15, 0.2) is 24.3 Å². The molecule has 0 radical (unpaired) electrons. The third-order valence-corrected chi connectivity index (χ3v) is 12.4. The third-order valence-electron chi connectivity index (χ3n) is 12.4. The molecule has 0 spiro atoms. The van der Waals surface area contributed by atoms with Gasteiger partial charge >= 0.3 is 0 Å². The molecule has 5 aliphatic rings. The summed E-state index contributed by atoms with van der Waals surface area (Å²) in [6, 6.07) is 8.52. The molecule has 1 amide bonds. The van der Waals surface area contributed by atoms with Gasteiger partial charge in [0, 0.05) is 19.5 Å². The molecule has 6 rings (SSSR count). The summed E-state index contributed by atoms with van der Waals surface area (Å²) >= 11 is 0. The molecule has 3 nitrogen and oxygen atoms in total. The molecule has 35 heavy (non-hydrogen) atoms. The summed E-state index contributed by atoms with van der Waals surface area (Å²) in [5.41, 5.74) is 3.58. The van der Waals surface area contributed by atoms with Crippen molar-refractivity contribution in [2.75, 3.05) is 0 Å². The smallest absolute Gasteiger partial charge is 0.223 e. The van der Waals surface area contributed by atoms with Gasteiger partial charge < -0.3 is 10.0 Å². The van der Waals surface area contributed by atoms with Gasteiger partial charge in [-0.25, -0.2) is 0 Å². The molecule has 0 bridgehead atoms. The molecular weight excluding hydrogens is 430 g/mol. The fraction of sp³-hybridized carbons (Fsp3) is 0.781. The van der Waals surface area contributed by atoms with Crippen LogP contribution in [0.25, 0.3) is 0 Å². The number of rotatable bonds is 4. The lowest BCUT2D eigenvalue weighted by Gasteiger charge is -2.61. The molecular formula is C32H47NO2. The molecule has 1 heterocycles. The Morgan fingerprint density at radius 1 is 0.971 bits per heavy atom. The Bertz CT molecular complexity index is 934. The number of amides is 1. The van der Waals surface area contributed by atoms with E-state index in [2.05, 4.69) is 49.9 Å². The zero-order valence-corrected chi connectivity index (χ0v) is 22.3. The summed E-state index contributed by atoms with van der Waals surface area (Å²) in [5, 5.41) is 10.3. The van der Waals surface area contributed by atoms with E-state index < -0.39 is 0 Å². The number of carbonyl (C=O) groups is 1. The maximum Gasteiger partial charge on any atom is 0.223 e. The normalized spacial score (nSPS) is 43.1. The molecule has 9 atom stereocenters. The van der Waals surface area contributed by atoms with E-state index in [0.29, 0.717) is 29.1 Å². The van der Waals surface area contributed by atoms with Crippen LogP contribution in [0, 0.1) is 46.3 Å². The third kappa shape index (κ3) is 3.90. The lowest BCUT2D eigenvalue weighted by atomic mass is 9.44. The Morgan fingerprint density at radius 2 is 1.66 bits per heavy atom. The van der Waals surface area contributed by atoms with Gasteiger partial charge in [0.1, 0.15) is 0 Å². The van der Waals surface area contributed by atoms with Crippen molar-refractivity contribution in [3.63, 3.8) is 0 Å². The fourth-order valence-corrected chi connectivity index (χ4v) is 10.4. The van der Waals surface area contributed by atoms with E-state index in [1.807, 2.05) is 0 Å². The van der Waals surface area contributed by atoms with Crippen LogP contribution in [0.4, 0.5) is 0 Å². The number of hydrogen-bond acceptors (Lipinski definition) is 2. The van der Waals surface area contributed by atoms with Crippen LogP contribution in [0.5, 0.6) is 0 Å². The van der Waals surface area contributed by atoms with Gasteiger partial charge in [-0.1, -0.05) is 45.0 Å². The first-order chi connectivity index (χ1) is 16.8. The first-order valence-electron chi connectivity index (χ1n) is 14.8. The van der Waals surface area contributed by atoms with Gasteiger partial charge in [0.25, 0.3) is 0 Å². The summed E-state index contributed by atoms with van der Waals surface area (Å²) in [4.78, 5) is 15.2. The van der Waals surface area contributed by atoms with E-state index in [-0.39, 0.29) is 6.10 Å². The number of carbonyl (C=O) groups excluding carboxylic acids is 1. The van der Waals surface area contributed by atoms with Crippen LogP contribution >= 0.6 is 0 Å². The number of aliphatic hydroxyl groups excluding tert-OH is 1. The van der Waals surface area contributed by atoms with E-state index >= 15 is 0 Å². The fourth-order valence-electron chi connectivity index (χ4n) is 10.4. The van der Waals surface area contributed by atoms with Crippen LogP contribution in [-0.2, 0) is 17.9 Å². The Morgan fingerprint density at radius 3 is 2.40 bits per heavy atom. The molecule has 7 unspecified atom stereocenters. The minimum atomic E-state index is -0.0485. The number of aliphatic hydroxyl groups is 1. The molecule has 3 heteroatoms. The second kappa shape index (κ2) is 8.89. The largest absolute Gasteiger partial charge is 0.393 e. The molecule has 4 fully saturated rings. The minimum Gasteiger partial charge on any atom is -0.393 e. The highest BCUT2D eigenvalue weighted by Gasteiger charge is 2.60. The van der Waals surface area contributed by atoms with Crippen LogP contribution in [-0.4, -0.2) is 22.0 Å². The standard InChI is InChI=1S/C32H47NO2/c1-21(8-13-30(35)33-19-22-6-4-5-7-23(22)20-33)27-11-12-28-26-10-9-24-18-25(34)14-16-31(24,2)29(26)15-17-32(27,28)3/h4-7,21,24-29,34H,8-20H2,1-3H3/t21-,24?,25-,26?,27?,28?,29?,31?,32?/m1/s1. The quantitative estimate of drug-likeness (QED) is 0.509. The molecule has 192 valence electrons. The Labute approximate surface area is 213 Å². The molecule has 0 saturated heterocycles. The Kier molecular flexibility index (Phi) is 6.10. The van der Waals surface area contributed by atoms with E-state index in [4.69, 9.17) is 0 Å². The van der Waals surface area contributed by atoms with Crippen molar-refractivity contribution in [3.8, 4) is 0 Å². The first-order valence-corrected chi connectivity index (χ1v) is 14.8. The summed E-state index contributed by atoms with van der Waals surface area (Å²) < 4.78 is 0. The second-order valence-corrected chi connectivity index (χ2v) is 13.8. The van der Waals surface area contributed by atoms with Crippen molar-refractivity contribution in [1.82, 2.24) is 4.90 Å². The zero-order valence-electron chi connectivity index (χ0n) is 22.3. The molecule has 4 aliphatic carbocycles. The number of benzene rings is 1. The van der Waals surface area contributed by atoms with Gasteiger partial charge in [-0.2, -0.15) is 0 Å². The van der Waals surface area contributed by atoms with E-state index in [1.165, 1.54) is 56.1 Å². The highest BCUT2D eigenvalue weighted by atomic mass is 16.3. The van der Waals surface area contributed by atoms with Gasteiger partial charge in [-0.3, -0.25) is 4.79 Å². The zero-order chi connectivity index (χ0) is 24.4. The van der Waals surface area contributed by atoms with Crippen LogP contribution in [0.2, 0.25) is 0 Å². The average Bonchev–Trinajstić information content (AvgIpc) is 3.44. The van der Waals surface area contributed by atoms with Gasteiger partial charge in [-0.15, -0.1) is 0 Å². The summed E-state index contributed by atoms with van der Waals surface area (Å²) in [5.74, 6) is 5.15. The van der Waals surface area contributed by atoms with E-state index in [1.54, 1.807) is 0 Å². The van der Waals surface area contributed by atoms with Crippen molar-refractivity contribution in [2.45, 2.75) is 111 Å². The monoisotopic (exact) mass is 477 g/mol. The molecule has 1 aromatic rings. The molecule has 1 N–H and O–H groups in total. The van der Waals surface area contributed by atoms with Crippen molar-refractivity contribution in [1.29, 1.82) is 0 Å². The number of nitrogens with zero attached hydrogens (tertiary/aromatic N) is 1. The highest BCUT2D eigenvalue weighted by Crippen LogP contribution is 2.68. The number of fused-ring (bicyclic) bond motifs is 6. The predicted octanol–water partition coefficient (Wildman–Crippen LogP) is 6.96. The Balaban J connectivity index is 1.09. The summed E-state index contributed by atoms with van der Waals surface area (Å²) in [6.07, 6.45) is 13.3. The maximum absolute atomic E-state index is 13.1. The Hall–Kier alpha value is -1.35. The molecule has 4 saturated carbocycles. The van der Waals surface area contributed by atoms with Crippen LogP contribution in [0.1, 0.15) is 103 Å². The second-order valence-electron chi connectivity index (χ2n) is 13.8. The van der Waals surface area contributed by atoms with Gasteiger partial charge in [0.2, 0.25) is 5.91 Å². The van der Waals surface area contributed by atoms with Crippen molar-refractivity contribution in [3.05, 3.63) is 35.4 Å². The van der Waals surface area contributed by atoms with Crippen molar-refractivity contribution >= 4 is 5.91 Å². The van der Waals surface area contributed by atoms with Crippen LogP contribution in [0.3, 0.4) is 0 Å². The summed E-state index contributed by atoms with van der Waals surface area (Å²) in [7, 11) is 0. The van der Waals surface area contributed by atoms with E-state index in [0.717, 1.165) is 61.9 Å². The van der Waals surface area contributed by atoms with Gasteiger partial charge in [0.15, 0.2) is 0 Å². The van der Waals surface area contributed by atoms with Gasteiger partial charge in [0.05, 0.1) is 6.10 Å². The molecule has 1 aromatic carbocycles. The molecule has 1 aliphatic heterocycles. The number of hydrogen-bond donors (Lipinski definition) is 1. The first kappa shape index (κ1) is 24.0. The van der Waals surface area contributed by atoms with Crippen molar-refractivity contribution < 1.29 is 9.90 Å². The van der Waals surface area contributed by atoms with Gasteiger partial charge in [-0.05, 0) is 122 Å². The highest BCUT2D eigenvalue weighted by molar-refractivity contribution is 5.77. The van der Waals surface area contributed by atoms with Crippen molar-refractivity contribution in [2.24, 2.45) is 46.3 Å². The minimum absolute atomic E-state index is 0.0485. The average molecular weight is 478 g/mol. The maximum atomic E-state index is 13.1.